The second-order valence-electron chi connectivity index (χ2n) is 7.90. The third-order valence-corrected chi connectivity index (χ3v) is 5.99. The highest BCUT2D eigenvalue weighted by molar-refractivity contribution is 6.31. The van der Waals surface area contributed by atoms with E-state index in [1.54, 1.807) is 17.0 Å². The largest absolute Gasteiger partial charge is 0.508 e. The van der Waals surface area contributed by atoms with E-state index in [0.29, 0.717) is 42.1 Å². The summed E-state index contributed by atoms with van der Waals surface area (Å²) in [5.41, 5.74) is 7.83. The standard InChI is InChI=1S/C20H24ClN3O4.C2HF3O2/c1-11-7-16(25)14(9-15(11)21)18(22)12-3-5-24(6-4-12)20(27)13-8-17(28-2)19(26)23-10-13;3-2(4,5)1(6)7/h7-10,12,18,25H,3-6,22H2,1-2H3,(H,23,26);(H,6,7). The zero-order valence-corrected chi connectivity index (χ0v) is 19.6. The highest BCUT2D eigenvalue weighted by atomic mass is 35.5. The lowest BCUT2D eigenvalue weighted by Gasteiger charge is -2.35. The number of nitrogens with one attached hydrogen (secondary N) is 1. The number of nitrogens with two attached hydrogens (primary N) is 1. The van der Waals surface area contributed by atoms with Gasteiger partial charge in [0.25, 0.3) is 11.5 Å². The molecule has 1 atom stereocenters. The molecule has 0 radical (unpaired) electrons. The number of ether oxygens (including phenoxy) is 1. The number of alkyl halides is 3. The van der Waals surface area contributed by atoms with Crippen molar-refractivity contribution in [2.45, 2.75) is 32.0 Å². The van der Waals surface area contributed by atoms with Gasteiger partial charge in [0.1, 0.15) is 5.75 Å². The predicted octanol–water partition coefficient (Wildman–Crippen LogP) is 3.24. The Morgan fingerprint density at radius 3 is 2.34 bits per heavy atom. The average Bonchev–Trinajstić information content (AvgIpc) is 2.80. The van der Waals surface area contributed by atoms with Gasteiger partial charge >= 0.3 is 12.1 Å². The number of phenols is 1. The molecule has 2 heterocycles. The Morgan fingerprint density at radius 1 is 1.26 bits per heavy atom. The Morgan fingerprint density at radius 2 is 1.83 bits per heavy atom. The van der Waals surface area contributed by atoms with Gasteiger partial charge in [-0.05, 0) is 43.4 Å². The maximum absolute atomic E-state index is 12.7. The van der Waals surface area contributed by atoms with Crippen molar-refractivity contribution in [3.05, 3.63) is 56.5 Å². The first-order valence-electron chi connectivity index (χ1n) is 10.4. The monoisotopic (exact) mass is 519 g/mol. The fourth-order valence-electron chi connectivity index (χ4n) is 3.58. The van der Waals surface area contributed by atoms with Crippen LogP contribution in [-0.2, 0) is 4.79 Å². The second kappa shape index (κ2) is 11.5. The number of likely N-dealkylation sites (tertiary alicyclic amines) is 1. The molecule has 0 bridgehead atoms. The van der Waals surface area contributed by atoms with Crippen LogP contribution in [0.25, 0.3) is 0 Å². The van der Waals surface area contributed by atoms with Gasteiger partial charge in [-0.3, -0.25) is 9.59 Å². The first kappa shape index (κ1) is 28.0. The first-order chi connectivity index (χ1) is 16.3. The number of carboxylic acids is 1. The van der Waals surface area contributed by atoms with E-state index in [0.717, 1.165) is 5.56 Å². The zero-order valence-electron chi connectivity index (χ0n) is 18.9. The molecule has 5 N–H and O–H groups in total. The average molecular weight is 520 g/mol. The maximum Gasteiger partial charge on any atom is 0.490 e. The van der Waals surface area contributed by atoms with Crippen LogP contribution in [0.2, 0.25) is 5.02 Å². The van der Waals surface area contributed by atoms with Crippen molar-refractivity contribution in [3.63, 3.8) is 0 Å². The first-order valence-corrected chi connectivity index (χ1v) is 10.7. The van der Waals surface area contributed by atoms with Crippen molar-refractivity contribution in [1.82, 2.24) is 9.88 Å². The van der Waals surface area contributed by atoms with Crippen molar-refractivity contribution < 1.29 is 37.7 Å². The van der Waals surface area contributed by atoms with E-state index in [1.165, 1.54) is 19.4 Å². The molecule has 0 spiro atoms. The molecule has 35 heavy (non-hydrogen) atoms. The minimum Gasteiger partial charge on any atom is -0.508 e. The number of rotatable bonds is 4. The number of aliphatic carboxylic acids is 1. The molecule has 13 heteroatoms. The van der Waals surface area contributed by atoms with Gasteiger partial charge in [-0.25, -0.2) is 4.79 Å². The number of hydrogen-bond donors (Lipinski definition) is 4. The van der Waals surface area contributed by atoms with E-state index in [9.17, 15) is 27.9 Å². The number of halogens is 4. The Bertz CT molecular complexity index is 1130. The second-order valence-corrected chi connectivity index (χ2v) is 8.31. The summed E-state index contributed by atoms with van der Waals surface area (Å²) in [6.07, 6.45) is -2.27. The van der Waals surface area contributed by atoms with Crippen molar-refractivity contribution in [2.24, 2.45) is 11.7 Å². The van der Waals surface area contributed by atoms with E-state index < -0.39 is 12.1 Å². The number of nitrogens with zero attached hydrogens (tertiary/aromatic N) is 1. The molecule has 192 valence electrons. The molecule has 3 rings (SSSR count). The van der Waals surface area contributed by atoms with Crippen molar-refractivity contribution >= 4 is 23.5 Å². The van der Waals surface area contributed by atoms with Gasteiger partial charge in [0.2, 0.25) is 0 Å². The lowest BCUT2D eigenvalue weighted by atomic mass is 9.85. The summed E-state index contributed by atoms with van der Waals surface area (Å²) in [7, 11) is 1.39. The van der Waals surface area contributed by atoms with Crippen LogP contribution in [0, 0.1) is 12.8 Å². The highest BCUT2D eigenvalue weighted by Crippen LogP contribution is 2.36. The normalized spacial score (nSPS) is 15.1. The van der Waals surface area contributed by atoms with Gasteiger partial charge < -0.3 is 30.6 Å². The van der Waals surface area contributed by atoms with Crippen molar-refractivity contribution in [2.75, 3.05) is 20.2 Å². The number of methoxy groups -OCH3 is 1. The lowest BCUT2D eigenvalue weighted by molar-refractivity contribution is -0.192. The van der Waals surface area contributed by atoms with Gasteiger partial charge in [-0.2, -0.15) is 13.2 Å². The van der Waals surface area contributed by atoms with E-state index in [-0.39, 0.29) is 34.9 Å². The number of piperidine rings is 1. The summed E-state index contributed by atoms with van der Waals surface area (Å²) in [6.45, 7) is 2.91. The number of hydrogen-bond acceptors (Lipinski definition) is 6. The Labute approximate surface area is 203 Å². The lowest BCUT2D eigenvalue weighted by Crippen LogP contribution is -2.41. The predicted molar refractivity (Wildman–Crippen MR) is 121 cm³/mol. The fraction of sp³-hybridized carbons (Fsp3) is 0.409. The minimum atomic E-state index is -5.08. The summed E-state index contributed by atoms with van der Waals surface area (Å²) in [5.74, 6) is -2.54. The smallest absolute Gasteiger partial charge is 0.490 e. The third-order valence-electron chi connectivity index (χ3n) is 5.58. The number of benzene rings is 1. The SMILES string of the molecule is COc1cc(C(=O)N2CCC(C(N)c3cc(Cl)c(C)cc3O)CC2)c[nH]c1=O.O=C(O)C(F)(F)F. The van der Waals surface area contributed by atoms with Crippen molar-refractivity contribution in [1.29, 1.82) is 0 Å². The van der Waals surface area contributed by atoms with Crippen molar-refractivity contribution in [3.8, 4) is 11.5 Å². The van der Waals surface area contributed by atoms with Crippen LogP contribution in [0.4, 0.5) is 13.2 Å². The van der Waals surface area contributed by atoms with Crippen LogP contribution in [0.5, 0.6) is 11.5 Å². The summed E-state index contributed by atoms with van der Waals surface area (Å²) >= 11 is 6.18. The molecule has 1 aromatic heterocycles. The van der Waals surface area contributed by atoms with Crippen LogP contribution in [0.1, 0.15) is 40.4 Å². The number of carboxylic acid groups (broad SMARTS) is 1. The summed E-state index contributed by atoms with van der Waals surface area (Å²) in [5, 5.41) is 17.9. The molecule has 1 saturated heterocycles. The molecular formula is C22H25ClF3N3O6. The van der Waals surface area contributed by atoms with E-state index in [4.69, 9.17) is 32.0 Å². The maximum atomic E-state index is 12.7. The Balaban J connectivity index is 0.000000540. The van der Waals surface area contributed by atoms with Crippen LogP contribution in [-0.4, -0.2) is 58.3 Å². The molecule has 9 nitrogen and oxygen atoms in total. The molecular weight excluding hydrogens is 495 g/mol. The van der Waals surface area contributed by atoms with Crippen LogP contribution in [0.15, 0.2) is 29.2 Å². The van der Waals surface area contributed by atoms with Gasteiger partial charge in [-0.1, -0.05) is 11.6 Å². The van der Waals surface area contributed by atoms with E-state index in [1.807, 2.05) is 6.92 Å². The number of pyridine rings is 1. The molecule has 0 aliphatic carbocycles. The van der Waals surface area contributed by atoms with Gasteiger partial charge in [0, 0.05) is 42.0 Å². The van der Waals surface area contributed by atoms with Crippen LogP contribution >= 0.6 is 11.6 Å². The van der Waals surface area contributed by atoms with E-state index in [2.05, 4.69) is 4.98 Å². The molecule has 1 fully saturated rings. The fourth-order valence-corrected chi connectivity index (χ4v) is 3.76. The molecule has 1 aliphatic heterocycles. The summed E-state index contributed by atoms with van der Waals surface area (Å²) < 4.78 is 36.7. The molecule has 1 amide bonds. The number of aromatic nitrogens is 1. The molecule has 1 aromatic carbocycles. The van der Waals surface area contributed by atoms with Gasteiger partial charge in [-0.15, -0.1) is 0 Å². The number of aryl methyl sites for hydroxylation is 1. The molecule has 1 unspecified atom stereocenters. The zero-order chi connectivity index (χ0) is 26.5. The number of amides is 1. The van der Waals surface area contributed by atoms with Crippen LogP contribution in [0.3, 0.4) is 0 Å². The topological polar surface area (TPSA) is 146 Å². The Kier molecular flexibility index (Phi) is 9.16. The number of carbonyl (C=O) groups excluding carboxylic acids is 1. The van der Waals surface area contributed by atoms with Gasteiger partial charge in [0.05, 0.1) is 12.7 Å². The third kappa shape index (κ3) is 7.12. The number of aromatic hydroxyl groups is 1. The number of phenolic OH excluding ortho intramolecular Hbond substituents is 1. The summed E-state index contributed by atoms with van der Waals surface area (Å²) in [6, 6.07) is 4.44. The van der Waals surface area contributed by atoms with E-state index >= 15 is 0 Å². The summed E-state index contributed by atoms with van der Waals surface area (Å²) in [4.78, 5) is 37.4. The van der Waals surface area contributed by atoms with Crippen LogP contribution < -0.4 is 16.0 Å². The molecule has 2 aromatic rings. The quantitative estimate of drug-likeness (QED) is 0.485. The Hall–Kier alpha value is -3.25. The number of carbonyl (C=O) groups is 2. The highest BCUT2D eigenvalue weighted by Gasteiger charge is 2.38. The number of H-pyrrole nitrogens is 1. The molecule has 0 saturated carbocycles. The van der Waals surface area contributed by atoms with Gasteiger partial charge in [0.15, 0.2) is 5.75 Å². The molecule has 1 aliphatic rings. The minimum absolute atomic E-state index is 0.106. The number of aromatic amines is 1.